The molecule has 0 aliphatic carbocycles. The number of nitrogens with one attached hydrogen (secondary N) is 1. The molecule has 2 amide bonds. The second kappa shape index (κ2) is 8.42. The van der Waals surface area contributed by atoms with E-state index in [0.717, 1.165) is 4.47 Å². The van der Waals surface area contributed by atoms with Crippen LogP contribution in [-0.4, -0.2) is 35.8 Å². The van der Waals surface area contributed by atoms with Crippen molar-refractivity contribution in [2.45, 2.75) is 32.2 Å². The summed E-state index contributed by atoms with van der Waals surface area (Å²) in [5.41, 5.74) is 0.573. The summed E-state index contributed by atoms with van der Waals surface area (Å²) in [6, 6.07) is 4.65. The Morgan fingerprint density at radius 1 is 1.46 bits per heavy atom. The molecule has 24 heavy (non-hydrogen) atoms. The maximum absolute atomic E-state index is 13.8. The van der Waals surface area contributed by atoms with Crippen molar-refractivity contribution in [1.29, 1.82) is 0 Å². The maximum atomic E-state index is 13.8. The van der Waals surface area contributed by atoms with E-state index in [1.807, 2.05) is 6.92 Å². The number of rotatable bonds is 5. The quantitative estimate of drug-likeness (QED) is 0.777. The highest BCUT2D eigenvalue weighted by molar-refractivity contribution is 9.10. The third-order valence-electron chi connectivity index (χ3n) is 4.27. The molecule has 0 radical (unpaired) electrons. The Morgan fingerprint density at radius 2 is 2.12 bits per heavy atom. The van der Waals surface area contributed by atoms with E-state index in [1.165, 1.54) is 12.1 Å². The Balaban J connectivity index is 1.85. The minimum atomic E-state index is -0.268. The molecule has 1 saturated heterocycles. The lowest BCUT2D eigenvalue weighted by molar-refractivity contribution is -0.132. The number of halogens is 2. The average Bonchev–Trinajstić information content (AvgIpc) is 2.57. The van der Waals surface area contributed by atoms with Crippen LogP contribution in [0.25, 0.3) is 0 Å². The van der Waals surface area contributed by atoms with Gasteiger partial charge in [-0.15, -0.1) is 0 Å². The Kier molecular flexibility index (Phi) is 6.54. The first-order chi connectivity index (χ1) is 11.4. The van der Waals surface area contributed by atoms with Crippen molar-refractivity contribution in [3.8, 4) is 0 Å². The number of benzene rings is 1. The van der Waals surface area contributed by atoms with E-state index in [4.69, 9.17) is 0 Å². The lowest BCUT2D eigenvalue weighted by atomic mass is 9.95. The van der Waals surface area contributed by atoms with Crippen molar-refractivity contribution in [1.82, 2.24) is 10.2 Å². The summed E-state index contributed by atoms with van der Waals surface area (Å²) in [4.78, 5) is 25.6. The van der Waals surface area contributed by atoms with Crippen LogP contribution in [0.5, 0.6) is 0 Å². The molecule has 6 heteroatoms. The van der Waals surface area contributed by atoms with Crippen LogP contribution in [0.4, 0.5) is 4.39 Å². The molecule has 130 valence electrons. The summed E-state index contributed by atoms with van der Waals surface area (Å²) in [7, 11) is 0. The number of carbonyl (C=O) groups is 2. The number of carbonyl (C=O) groups excluding carboxylic acids is 2. The third kappa shape index (κ3) is 4.90. The van der Waals surface area contributed by atoms with Crippen LogP contribution < -0.4 is 5.32 Å². The molecule has 0 aromatic heterocycles. The van der Waals surface area contributed by atoms with E-state index in [0.29, 0.717) is 37.9 Å². The Labute approximate surface area is 150 Å². The van der Waals surface area contributed by atoms with Crippen LogP contribution in [-0.2, 0) is 16.0 Å². The third-order valence-corrected chi connectivity index (χ3v) is 4.77. The predicted molar refractivity (Wildman–Crippen MR) is 94.9 cm³/mol. The molecular formula is C18H22BrFN2O2. The second-order valence-corrected chi connectivity index (χ2v) is 7.07. The topological polar surface area (TPSA) is 49.4 Å². The fourth-order valence-corrected chi connectivity index (χ4v) is 3.34. The van der Waals surface area contributed by atoms with Gasteiger partial charge < -0.3 is 10.2 Å². The molecule has 1 aromatic carbocycles. The molecule has 0 saturated carbocycles. The molecule has 1 fully saturated rings. The first kappa shape index (κ1) is 18.6. The fraction of sp³-hybridized carbons (Fsp3) is 0.444. The van der Waals surface area contributed by atoms with Crippen molar-refractivity contribution in [2.75, 3.05) is 13.1 Å². The van der Waals surface area contributed by atoms with Gasteiger partial charge in [0.2, 0.25) is 11.8 Å². The predicted octanol–water partition coefficient (Wildman–Crippen LogP) is 3.06. The lowest BCUT2D eigenvalue weighted by Gasteiger charge is -2.31. The first-order valence-corrected chi connectivity index (χ1v) is 8.85. The zero-order chi connectivity index (χ0) is 17.7. The maximum Gasteiger partial charge on any atom is 0.245 e. The van der Waals surface area contributed by atoms with Gasteiger partial charge in [0, 0.05) is 29.5 Å². The van der Waals surface area contributed by atoms with Crippen LogP contribution in [0, 0.1) is 11.7 Å². The molecule has 1 aliphatic heterocycles. The zero-order valence-electron chi connectivity index (χ0n) is 13.7. The SMILES string of the molecule is C=CC(=O)N1CCC(C(=O)NC(C)Cc2cc(Br)ccc2F)CC1. The molecule has 1 heterocycles. The number of likely N-dealkylation sites (tertiary alicyclic amines) is 1. The van der Waals surface area contributed by atoms with E-state index >= 15 is 0 Å². The molecule has 1 aliphatic rings. The van der Waals surface area contributed by atoms with Crippen LogP contribution in [0.2, 0.25) is 0 Å². The standard InChI is InChI=1S/C18H22BrFN2O2/c1-3-17(23)22-8-6-13(7-9-22)18(24)21-12(2)10-14-11-15(19)4-5-16(14)20/h3-5,11-13H,1,6-10H2,2H3,(H,21,24). The molecule has 1 aromatic rings. The van der Waals surface area contributed by atoms with Crippen LogP contribution in [0.1, 0.15) is 25.3 Å². The number of piperidine rings is 1. The molecule has 2 rings (SSSR count). The number of nitrogens with zero attached hydrogens (tertiary/aromatic N) is 1. The smallest absolute Gasteiger partial charge is 0.245 e. The van der Waals surface area contributed by atoms with Gasteiger partial charge in [0.25, 0.3) is 0 Å². The van der Waals surface area contributed by atoms with Crippen molar-refractivity contribution in [2.24, 2.45) is 5.92 Å². The van der Waals surface area contributed by atoms with Gasteiger partial charge in [0.05, 0.1) is 0 Å². The summed E-state index contributed by atoms with van der Waals surface area (Å²) in [6.07, 6.45) is 3.02. The van der Waals surface area contributed by atoms with Crippen molar-refractivity contribution < 1.29 is 14.0 Å². The normalized spacial score (nSPS) is 16.5. The molecule has 0 bridgehead atoms. The molecular weight excluding hydrogens is 375 g/mol. The lowest BCUT2D eigenvalue weighted by Crippen LogP contribution is -2.44. The molecule has 1 unspecified atom stereocenters. The number of hydrogen-bond donors (Lipinski definition) is 1. The summed E-state index contributed by atoms with van der Waals surface area (Å²) in [5.74, 6) is -0.486. The van der Waals surface area contributed by atoms with Gasteiger partial charge in [-0.05, 0) is 56.0 Å². The van der Waals surface area contributed by atoms with E-state index in [9.17, 15) is 14.0 Å². The van der Waals surface area contributed by atoms with Gasteiger partial charge >= 0.3 is 0 Å². The fourth-order valence-electron chi connectivity index (χ4n) is 2.93. The van der Waals surface area contributed by atoms with Crippen molar-refractivity contribution in [3.05, 3.63) is 46.7 Å². The summed E-state index contributed by atoms with van der Waals surface area (Å²) in [5, 5.41) is 2.96. The van der Waals surface area contributed by atoms with E-state index in [1.54, 1.807) is 17.0 Å². The van der Waals surface area contributed by atoms with Gasteiger partial charge in [-0.2, -0.15) is 0 Å². The number of amides is 2. The molecule has 1 atom stereocenters. The van der Waals surface area contributed by atoms with Crippen molar-refractivity contribution in [3.63, 3.8) is 0 Å². The highest BCUT2D eigenvalue weighted by Gasteiger charge is 2.27. The Morgan fingerprint density at radius 3 is 2.75 bits per heavy atom. The van der Waals surface area contributed by atoms with Gasteiger partial charge in [-0.25, -0.2) is 4.39 Å². The van der Waals surface area contributed by atoms with Gasteiger partial charge in [0.1, 0.15) is 5.82 Å². The van der Waals surface area contributed by atoms with E-state index in [-0.39, 0.29) is 29.6 Å². The Bertz CT molecular complexity index is 627. The number of hydrogen-bond acceptors (Lipinski definition) is 2. The summed E-state index contributed by atoms with van der Waals surface area (Å²) < 4.78 is 14.6. The Hall–Kier alpha value is -1.69. The second-order valence-electron chi connectivity index (χ2n) is 6.15. The van der Waals surface area contributed by atoms with Crippen molar-refractivity contribution >= 4 is 27.7 Å². The minimum Gasteiger partial charge on any atom is -0.353 e. The first-order valence-electron chi connectivity index (χ1n) is 8.06. The monoisotopic (exact) mass is 396 g/mol. The highest BCUT2D eigenvalue weighted by atomic mass is 79.9. The molecule has 1 N–H and O–H groups in total. The highest BCUT2D eigenvalue weighted by Crippen LogP contribution is 2.19. The summed E-state index contributed by atoms with van der Waals surface area (Å²) in [6.45, 7) is 6.48. The zero-order valence-corrected chi connectivity index (χ0v) is 15.3. The van der Waals surface area contributed by atoms with Gasteiger partial charge in [-0.3, -0.25) is 9.59 Å². The van der Waals surface area contributed by atoms with E-state index in [2.05, 4.69) is 27.8 Å². The van der Waals surface area contributed by atoms with Crippen LogP contribution >= 0.6 is 15.9 Å². The van der Waals surface area contributed by atoms with Gasteiger partial charge in [-0.1, -0.05) is 22.5 Å². The summed E-state index contributed by atoms with van der Waals surface area (Å²) >= 11 is 3.33. The van der Waals surface area contributed by atoms with E-state index < -0.39 is 0 Å². The largest absolute Gasteiger partial charge is 0.353 e. The van der Waals surface area contributed by atoms with Crippen LogP contribution in [0.3, 0.4) is 0 Å². The molecule has 0 spiro atoms. The van der Waals surface area contributed by atoms with Crippen LogP contribution in [0.15, 0.2) is 35.3 Å². The average molecular weight is 397 g/mol. The minimum absolute atomic E-state index is 0.0244. The molecule has 4 nitrogen and oxygen atoms in total. The van der Waals surface area contributed by atoms with Gasteiger partial charge in [0.15, 0.2) is 0 Å².